The topological polar surface area (TPSA) is 111 Å². The van der Waals surface area contributed by atoms with E-state index >= 15 is 0 Å². The molecule has 10 rings (SSSR count). The summed E-state index contributed by atoms with van der Waals surface area (Å²) < 4.78 is 81.7. The molecule has 0 spiro atoms. The summed E-state index contributed by atoms with van der Waals surface area (Å²) in [5, 5.41) is 0. The van der Waals surface area contributed by atoms with Gasteiger partial charge >= 0.3 is 0 Å². The first-order valence-corrected chi connectivity index (χ1v) is 28.4. The third kappa shape index (κ3) is 17.2. The highest BCUT2D eigenvalue weighted by atomic mass is 16.7. The van der Waals surface area contributed by atoms with Crippen LogP contribution in [0.1, 0.15) is 50.1 Å². The third-order valence-corrected chi connectivity index (χ3v) is 14.6. The zero-order chi connectivity index (χ0) is 56.7. The van der Waals surface area contributed by atoms with Crippen LogP contribution in [0.5, 0.6) is 0 Å². The van der Waals surface area contributed by atoms with Crippen LogP contribution in [0, 0.1) is 0 Å². The SMILES string of the molecule is C=C(O[C@H]1[C@H](OCc2ccccc2)[C@@H](OCc2ccccc2)[C@@H](OC)O[C@@H]1COCc1ccccc1)c1ccccc1CO[C@@H]1O[C@H](COCc2ccccc2)[C@@H](OCc2ccccc2)[C@H](OCc2ccccc2)[C@H]1OCc1ccccc1. The molecule has 0 amide bonds. The van der Waals surface area contributed by atoms with Crippen LogP contribution in [-0.2, 0) is 110 Å². The van der Waals surface area contributed by atoms with E-state index in [1.54, 1.807) is 7.11 Å². The number of ether oxygens (including phenoxy) is 12. The Kier molecular flexibility index (Phi) is 22.4. The van der Waals surface area contributed by atoms with Crippen LogP contribution < -0.4 is 0 Å². The van der Waals surface area contributed by atoms with Crippen molar-refractivity contribution in [2.75, 3.05) is 20.3 Å². The summed E-state index contributed by atoms with van der Waals surface area (Å²) in [6, 6.07) is 78.2. The number of hydrogen-bond donors (Lipinski definition) is 0. The Hall–Kier alpha value is -7.14. The molecule has 2 fully saturated rings. The van der Waals surface area contributed by atoms with Crippen LogP contribution in [0.25, 0.3) is 5.76 Å². The Morgan fingerprint density at radius 2 is 0.639 bits per heavy atom. The predicted octanol–water partition coefficient (Wildman–Crippen LogP) is 13.0. The fraction of sp³-hybridized carbons (Fsp3) is 0.296. The van der Waals surface area contributed by atoms with Gasteiger partial charge in [0.15, 0.2) is 18.7 Å². The largest absolute Gasteiger partial charge is 0.485 e. The van der Waals surface area contributed by atoms with E-state index in [0.717, 1.165) is 44.5 Å². The van der Waals surface area contributed by atoms with Gasteiger partial charge in [0, 0.05) is 12.7 Å². The summed E-state index contributed by atoms with van der Waals surface area (Å²) in [7, 11) is 1.61. The Morgan fingerprint density at radius 3 is 1.05 bits per heavy atom. The highest BCUT2D eigenvalue weighted by Gasteiger charge is 2.51. The molecule has 430 valence electrons. The first-order chi connectivity index (χ1) is 41.0. The first-order valence-electron chi connectivity index (χ1n) is 28.4. The summed E-state index contributed by atoms with van der Waals surface area (Å²) in [6.45, 7) is 7.12. The van der Waals surface area contributed by atoms with Crippen molar-refractivity contribution in [2.45, 2.75) is 114 Å². The van der Waals surface area contributed by atoms with Crippen LogP contribution in [0.15, 0.2) is 243 Å². The maximum Gasteiger partial charge on any atom is 0.187 e. The highest BCUT2D eigenvalue weighted by Crippen LogP contribution is 2.36. The standard InChI is InChI=1S/C71H74O12/c1-52(81-65-63(51-74-43-54-28-12-4-13-29-54)82-70(72-2)68(78-47-58-36-20-8-21-37-58)67(65)77-46-57-34-18-7-19-35-57)61-41-25-24-40-60(61)49-80-71-69(79-48-59-38-22-9-23-39-59)66(76-45-56-32-16-6-17-33-56)64(75-44-55-30-14-5-15-31-55)62(83-71)50-73-42-53-26-10-3-11-27-53/h3-41,62-71H,1,42-51H2,2H3/t62-,63-,64-,65-,66+,67+,68-,69-,70+,71-/m1/s1. The van der Waals surface area contributed by atoms with Crippen LogP contribution in [0.4, 0.5) is 0 Å². The van der Waals surface area contributed by atoms with E-state index in [4.69, 9.17) is 56.8 Å². The van der Waals surface area contributed by atoms with Gasteiger partial charge in [-0.1, -0.05) is 243 Å². The maximum absolute atomic E-state index is 7.15. The summed E-state index contributed by atoms with van der Waals surface area (Å²) >= 11 is 0. The van der Waals surface area contributed by atoms with Crippen LogP contribution in [0.2, 0.25) is 0 Å². The van der Waals surface area contributed by atoms with Gasteiger partial charge in [-0.2, -0.15) is 0 Å². The van der Waals surface area contributed by atoms with Crippen molar-refractivity contribution < 1.29 is 56.8 Å². The lowest BCUT2D eigenvalue weighted by atomic mass is 9.97. The molecule has 2 aliphatic heterocycles. The van der Waals surface area contributed by atoms with Gasteiger partial charge in [0.25, 0.3) is 0 Å². The van der Waals surface area contributed by atoms with Gasteiger partial charge < -0.3 is 56.8 Å². The molecule has 2 saturated heterocycles. The molecule has 83 heavy (non-hydrogen) atoms. The molecule has 0 aliphatic carbocycles. The zero-order valence-corrected chi connectivity index (χ0v) is 47.0. The number of hydrogen-bond acceptors (Lipinski definition) is 12. The molecule has 2 aliphatic rings. The molecule has 0 saturated carbocycles. The number of methoxy groups -OCH3 is 1. The van der Waals surface area contributed by atoms with Gasteiger partial charge in [0.05, 0.1) is 66.1 Å². The van der Waals surface area contributed by atoms with Crippen molar-refractivity contribution in [3.05, 3.63) is 293 Å². The maximum atomic E-state index is 7.15. The van der Waals surface area contributed by atoms with E-state index < -0.39 is 61.4 Å². The van der Waals surface area contributed by atoms with Crippen molar-refractivity contribution in [1.29, 1.82) is 0 Å². The Labute approximate surface area is 488 Å². The normalized spacial score (nSPS) is 22.4. The average Bonchev–Trinajstić information content (AvgIpc) is 3.69. The molecule has 0 aromatic heterocycles. The number of benzene rings is 8. The lowest BCUT2D eigenvalue weighted by molar-refractivity contribution is -0.330. The third-order valence-electron chi connectivity index (χ3n) is 14.6. The summed E-state index contributed by atoms with van der Waals surface area (Å²) in [4.78, 5) is 0. The van der Waals surface area contributed by atoms with Crippen LogP contribution >= 0.6 is 0 Å². The fourth-order valence-electron chi connectivity index (χ4n) is 10.3. The summed E-state index contributed by atoms with van der Waals surface area (Å²) in [5.41, 5.74) is 8.49. The van der Waals surface area contributed by atoms with Gasteiger partial charge in [0.2, 0.25) is 0 Å². The van der Waals surface area contributed by atoms with Crippen LogP contribution in [-0.4, -0.2) is 81.7 Å². The molecule has 2 heterocycles. The Balaban J connectivity index is 0.951. The van der Waals surface area contributed by atoms with Crippen molar-refractivity contribution in [1.82, 2.24) is 0 Å². The van der Waals surface area contributed by atoms with Gasteiger partial charge in [-0.05, 0) is 44.5 Å². The molecule has 0 bridgehead atoms. The smallest absolute Gasteiger partial charge is 0.187 e. The Morgan fingerprint density at radius 1 is 0.325 bits per heavy atom. The van der Waals surface area contributed by atoms with Crippen molar-refractivity contribution in [3.63, 3.8) is 0 Å². The average molecular weight is 1120 g/mol. The molecule has 8 aromatic carbocycles. The van der Waals surface area contributed by atoms with Crippen molar-refractivity contribution in [2.24, 2.45) is 0 Å². The minimum absolute atomic E-state index is 0.0697. The zero-order valence-electron chi connectivity index (χ0n) is 47.0. The summed E-state index contributed by atoms with van der Waals surface area (Å²) in [5.74, 6) is 0.365. The van der Waals surface area contributed by atoms with Crippen LogP contribution in [0.3, 0.4) is 0 Å². The molecule has 12 nitrogen and oxygen atoms in total. The van der Waals surface area contributed by atoms with Gasteiger partial charge in [-0.15, -0.1) is 0 Å². The second-order valence-corrected chi connectivity index (χ2v) is 20.6. The van der Waals surface area contributed by atoms with Gasteiger partial charge in [-0.25, -0.2) is 0 Å². The van der Waals surface area contributed by atoms with Gasteiger partial charge in [0.1, 0.15) is 48.5 Å². The second-order valence-electron chi connectivity index (χ2n) is 20.6. The monoisotopic (exact) mass is 1120 g/mol. The summed E-state index contributed by atoms with van der Waals surface area (Å²) in [6.07, 6.45) is -7.51. The second kappa shape index (κ2) is 31.5. The number of rotatable bonds is 30. The molecule has 10 atom stereocenters. The molecule has 0 radical (unpaired) electrons. The van der Waals surface area contributed by atoms with Gasteiger partial charge in [-0.3, -0.25) is 0 Å². The quantitative estimate of drug-likeness (QED) is 0.0400. The van der Waals surface area contributed by atoms with E-state index in [0.29, 0.717) is 31.1 Å². The minimum atomic E-state index is -0.967. The highest BCUT2D eigenvalue weighted by molar-refractivity contribution is 5.61. The van der Waals surface area contributed by atoms with Crippen molar-refractivity contribution in [3.8, 4) is 0 Å². The Bertz CT molecular complexity index is 3090. The molecular formula is C71H74O12. The fourth-order valence-corrected chi connectivity index (χ4v) is 10.3. The van der Waals surface area contributed by atoms with E-state index in [1.807, 2.05) is 237 Å². The lowest BCUT2D eigenvalue weighted by Gasteiger charge is -2.46. The first kappa shape index (κ1) is 59.0. The minimum Gasteiger partial charge on any atom is -0.485 e. The van der Waals surface area contributed by atoms with E-state index in [9.17, 15) is 0 Å². The molecule has 12 heteroatoms. The van der Waals surface area contributed by atoms with E-state index in [-0.39, 0.29) is 46.2 Å². The molecule has 0 N–H and O–H groups in total. The molecule has 8 aromatic rings. The van der Waals surface area contributed by atoms with E-state index in [2.05, 4.69) is 6.58 Å². The predicted molar refractivity (Wildman–Crippen MR) is 317 cm³/mol. The lowest BCUT2D eigenvalue weighted by Crippen LogP contribution is -2.61. The molecule has 0 unspecified atom stereocenters. The van der Waals surface area contributed by atoms with Crippen molar-refractivity contribution >= 4 is 5.76 Å². The molecular weight excluding hydrogens is 1040 g/mol. The van der Waals surface area contributed by atoms with E-state index in [1.165, 1.54) is 0 Å².